The maximum atomic E-state index is 13.6. The average molecular weight is 451 g/mol. The molecular formula is C26H28F2N4O. The first kappa shape index (κ1) is 22.9. The van der Waals surface area contributed by atoms with E-state index < -0.39 is 11.6 Å². The zero-order valence-electron chi connectivity index (χ0n) is 18.6. The molecule has 1 aliphatic carbocycles. The number of nitriles is 1. The molecule has 0 radical (unpaired) electrons. The molecule has 33 heavy (non-hydrogen) atoms. The van der Waals surface area contributed by atoms with Crippen LogP contribution in [0.25, 0.3) is 5.57 Å². The molecule has 1 fully saturated rings. The van der Waals surface area contributed by atoms with Crippen LogP contribution in [0.2, 0.25) is 0 Å². The molecule has 0 saturated carbocycles. The molecule has 172 valence electrons. The van der Waals surface area contributed by atoms with Crippen molar-refractivity contribution in [2.45, 2.75) is 38.1 Å². The SMILES string of the molecule is N#Cc1cccc(C2=CCC(N(CCN3CCCC3)C(=O)Nc3cc(F)cc(F)c3)CC2)c1. The molecule has 0 spiro atoms. The van der Waals surface area contributed by atoms with Crippen molar-refractivity contribution >= 4 is 17.3 Å². The third-order valence-corrected chi connectivity index (χ3v) is 6.42. The van der Waals surface area contributed by atoms with Crippen LogP contribution in [-0.4, -0.2) is 48.1 Å². The number of urea groups is 1. The van der Waals surface area contributed by atoms with E-state index in [0.29, 0.717) is 18.5 Å². The van der Waals surface area contributed by atoms with Crippen LogP contribution in [-0.2, 0) is 0 Å². The van der Waals surface area contributed by atoms with Crippen molar-refractivity contribution in [1.29, 1.82) is 5.26 Å². The van der Waals surface area contributed by atoms with Crippen LogP contribution in [0.3, 0.4) is 0 Å². The number of carbonyl (C=O) groups excluding carboxylic acids is 1. The van der Waals surface area contributed by atoms with Gasteiger partial charge in [0.25, 0.3) is 0 Å². The monoisotopic (exact) mass is 450 g/mol. The molecule has 5 nitrogen and oxygen atoms in total. The Morgan fingerprint density at radius 3 is 2.58 bits per heavy atom. The Kier molecular flexibility index (Phi) is 7.36. The maximum Gasteiger partial charge on any atom is 0.322 e. The van der Waals surface area contributed by atoms with Crippen LogP contribution in [0.5, 0.6) is 0 Å². The lowest BCUT2D eigenvalue weighted by Gasteiger charge is -2.35. The molecule has 2 amide bonds. The lowest BCUT2D eigenvalue weighted by Crippen LogP contribution is -2.47. The van der Waals surface area contributed by atoms with E-state index in [4.69, 9.17) is 5.26 Å². The first-order chi connectivity index (χ1) is 16.0. The highest BCUT2D eigenvalue weighted by Crippen LogP contribution is 2.30. The van der Waals surface area contributed by atoms with Gasteiger partial charge < -0.3 is 15.1 Å². The van der Waals surface area contributed by atoms with Crippen molar-refractivity contribution in [2.24, 2.45) is 0 Å². The van der Waals surface area contributed by atoms with E-state index in [2.05, 4.69) is 22.4 Å². The molecule has 1 unspecified atom stereocenters. The number of carbonyl (C=O) groups is 1. The number of amides is 2. The maximum absolute atomic E-state index is 13.6. The number of likely N-dealkylation sites (tertiary alicyclic amines) is 1. The van der Waals surface area contributed by atoms with E-state index in [-0.39, 0.29) is 17.8 Å². The third kappa shape index (κ3) is 5.96. The van der Waals surface area contributed by atoms with Crippen LogP contribution >= 0.6 is 0 Å². The predicted octanol–water partition coefficient (Wildman–Crippen LogP) is 5.40. The van der Waals surface area contributed by atoms with Gasteiger partial charge >= 0.3 is 6.03 Å². The standard InChI is InChI=1S/C26H28F2N4O/c27-22-15-23(28)17-24(16-22)30-26(33)32(13-12-31-10-1-2-11-31)25-8-6-20(7-9-25)21-5-3-4-19(14-21)18-29/h3-6,14-17,25H,1-2,7-13H2,(H,30,33). The van der Waals surface area contributed by atoms with Crippen LogP contribution in [0, 0.1) is 23.0 Å². The Labute approximate surface area is 193 Å². The highest BCUT2D eigenvalue weighted by molar-refractivity contribution is 5.89. The fraction of sp³-hybridized carbons (Fsp3) is 0.385. The molecule has 0 bridgehead atoms. The van der Waals surface area contributed by atoms with Crippen LogP contribution in [0.15, 0.2) is 48.5 Å². The zero-order chi connectivity index (χ0) is 23.2. The van der Waals surface area contributed by atoms with Crippen molar-refractivity contribution in [3.8, 4) is 6.07 Å². The Balaban J connectivity index is 1.48. The summed E-state index contributed by atoms with van der Waals surface area (Å²) >= 11 is 0. The predicted molar refractivity (Wildman–Crippen MR) is 125 cm³/mol. The Morgan fingerprint density at radius 1 is 1.15 bits per heavy atom. The lowest BCUT2D eigenvalue weighted by atomic mass is 9.89. The molecule has 1 heterocycles. The van der Waals surface area contributed by atoms with E-state index in [9.17, 15) is 13.6 Å². The quantitative estimate of drug-likeness (QED) is 0.641. The Bertz CT molecular complexity index is 1050. The topological polar surface area (TPSA) is 59.4 Å². The number of hydrogen-bond acceptors (Lipinski definition) is 3. The van der Waals surface area contributed by atoms with Gasteiger partial charge in [0.05, 0.1) is 11.6 Å². The molecule has 2 aromatic rings. The molecule has 2 aliphatic rings. The summed E-state index contributed by atoms with van der Waals surface area (Å²) in [5.41, 5.74) is 2.96. The van der Waals surface area contributed by atoms with Gasteiger partial charge in [0.1, 0.15) is 11.6 Å². The summed E-state index contributed by atoms with van der Waals surface area (Å²) in [7, 11) is 0. The van der Waals surface area contributed by atoms with Gasteiger partial charge in [-0.15, -0.1) is 0 Å². The van der Waals surface area contributed by atoms with E-state index in [1.54, 1.807) is 11.0 Å². The van der Waals surface area contributed by atoms with Gasteiger partial charge in [-0.3, -0.25) is 0 Å². The molecule has 1 saturated heterocycles. The summed E-state index contributed by atoms with van der Waals surface area (Å²) in [5, 5.41) is 11.9. The lowest BCUT2D eigenvalue weighted by molar-refractivity contribution is 0.170. The van der Waals surface area contributed by atoms with Crippen LogP contribution < -0.4 is 5.32 Å². The Morgan fingerprint density at radius 2 is 1.91 bits per heavy atom. The number of benzene rings is 2. The number of rotatable bonds is 6. The highest BCUT2D eigenvalue weighted by atomic mass is 19.1. The molecule has 0 aromatic heterocycles. The van der Waals surface area contributed by atoms with Crippen molar-refractivity contribution in [3.05, 3.63) is 71.3 Å². The van der Waals surface area contributed by atoms with Gasteiger partial charge in [-0.25, -0.2) is 13.6 Å². The van der Waals surface area contributed by atoms with Gasteiger partial charge in [-0.1, -0.05) is 18.2 Å². The third-order valence-electron chi connectivity index (χ3n) is 6.42. The fourth-order valence-electron chi connectivity index (χ4n) is 4.68. The summed E-state index contributed by atoms with van der Waals surface area (Å²) < 4.78 is 27.2. The summed E-state index contributed by atoms with van der Waals surface area (Å²) in [5.74, 6) is -1.45. The van der Waals surface area contributed by atoms with Gasteiger partial charge in [-0.05, 0) is 80.6 Å². The van der Waals surface area contributed by atoms with Gasteiger partial charge in [0.2, 0.25) is 0 Å². The molecule has 1 aliphatic heterocycles. The van der Waals surface area contributed by atoms with E-state index in [0.717, 1.165) is 56.2 Å². The number of nitrogens with one attached hydrogen (secondary N) is 1. The summed E-state index contributed by atoms with van der Waals surface area (Å²) in [4.78, 5) is 17.3. The highest BCUT2D eigenvalue weighted by Gasteiger charge is 2.27. The van der Waals surface area contributed by atoms with Crippen molar-refractivity contribution < 1.29 is 13.6 Å². The number of halogens is 2. The molecule has 2 aromatic carbocycles. The first-order valence-electron chi connectivity index (χ1n) is 11.5. The van der Waals surface area contributed by atoms with Gasteiger partial charge in [0, 0.05) is 30.9 Å². The molecule has 4 rings (SSSR count). The smallest absolute Gasteiger partial charge is 0.320 e. The largest absolute Gasteiger partial charge is 0.322 e. The molecular weight excluding hydrogens is 422 g/mol. The van der Waals surface area contributed by atoms with Gasteiger partial charge in [0.15, 0.2) is 0 Å². The van der Waals surface area contributed by atoms with Gasteiger partial charge in [-0.2, -0.15) is 5.26 Å². The van der Waals surface area contributed by atoms with E-state index in [1.165, 1.54) is 18.4 Å². The van der Waals surface area contributed by atoms with Crippen LogP contribution in [0.1, 0.15) is 43.2 Å². The zero-order valence-corrected chi connectivity index (χ0v) is 18.6. The first-order valence-corrected chi connectivity index (χ1v) is 11.5. The fourth-order valence-corrected chi connectivity index (χ4v) is 4.68. The minimum Gasteiger partial charge on any atom is -0.320 e. The van der Waals surface area contributed by atoms with Crippen molar-refractivity contribution in [2.75, 3.05) is 31.5 Å². The molecule has 1 N–H and O–H groups in total. The molecule has 7 heteroatoms. The normalized spacial score (nSPS) is 18.5. The van der Waals surface area contributed by atoms with E-state index >= 15 is 0 Å². The van der Waals surface area contributed by atoms with Crippen LogP contribution in [0.4, 0.5) is 19.3 Å². The number of hydrogen-bond donors (Lipinski definition) is 1. The summed E-state index contributed by atoms with van der Waals surface area (Å²) in [6, 6.07) is 12.4. The van der Waals surface area contributed by atoms with Crippen molar-refractivity contribution in [1.82, 2.24) is 9.80 Å². The minimum atomic E-state index is -0.723. The number of allylic oxidation sites excluding steroid dienone is 1. The summed E-state index contributed by atoms with van der Waals surface area (Å²) in [6.45, 7) is 3.41. The average Bonchev–Trinajstić information content (AvgIpc) is 3.33. The number of anilines is 1. The second-order valence-electron chi connectivity index (χ2n) is 8.68. The summed E-state index contributed by atoms with van der Waals surface area (Å²) in [6.07, 6.45) is 6.76. The second kappa shape index (κ2) is 10.6. The second-order valence-corrected chi connectivity index (χ2v) is 8.68. The molecule has 1 atom stereocenters. The van der Waals surface area contributed by atoms with Crippen molar-refractivity contribution in [3.63, 3.8) is 0 Å². The number of nitrogens with zero attached hydrogens (tertiary/aromatic N) is 3. The Hall–Kier alpha value is -3.24. The van der Waals surface area contributed by atoms with E-state index in [1.807, 2.05) is 18.2 Å². The minimum absolute atomic E-state index is 0.00564.